The molecule has 1 unspecified atom stereocenters. The maximum absolute atomic E-state index is 11.9. The molecule has 2 aliphatic heterocycles. The average molecular weight is 380 g/mol. The van der Waals surface area contributed by atoms with Crippen LogP contribution in [0.3, 0.4) is 0 Å². The molecule has 0 aliphatic carbocycles. The molecule has 2 fully saturated rings. The Morgan fingerprint density at radius 1 is 1.29 bits per heavy atom. The SMILES string of the molecule is CN=C(NCc1ccc(N2CCCC2=O)cc1)N1CCC(c2cnn(C)c2)C1. The summed E-state index contributed by atoms with van der Waals surface area (Å²) >= 11 is 0. The van der Waals surface area contributed by atoms with Crippen LogP contribution in [-0.4, -0.2) is 53.2 Å². The molecule has 28 heavy (non-hydrogen) atoms. The molecule has 1 aromatic heterocycles. The van der Waals surface area contributed by atoms with Gasteiger partial charge in [0.25, 0.3) is 0 Å². The fourth-order valence-electron chi connectivity index (χ4n) is 4.10. The summed E-state index contributed by atoms with van der Waals surface area (Å²) in [6.07, 6.45) is 6.81. The number of rotatable bonds is 4. The Labute approximate surface area is 166 Å². The van der Waals surface area contributed by atoms with Gasteiger partial charge >= 0.3 is 0 Å². The van der Waals surface area contributed by atoms with Gasteiger partial charge in [0.1, 0.15) is 0 Å². The number of benzene rings is 1. The van der Waals surface area contributed by atoms with E-state index in [0.717, 1.165) is 50.7 Å². The predicted octanol–water partition coefficient (Wildman–Crippen LogP) is 2.11. The monoisotopic (exact) mass is 380 g/mol. The first kappa shape index (κ1) is 18.5. The summed E-state index contributed by atoms with van der Waals surface area (Å²) < 4.78 is 1.87. The number of amides is 1. The van der Waals surface area contributed by atoms with Crippen LogP contribution in [0.2, 0.25) is 0 Å². The van der Waals surface area contributed by atoms with Crippen molar-refractivity contribution in [2.24, 2.45) is 12.0 Å². The molecule has 0 saturated carbocycles. The lowest BCUT2D eigenvalue weighted by molar-refractivity contribution is -0.117. The van der Waals surface area contributed by atoms with Gasteiger partial charge in [0.15, 0.2) is 5.96 Å². The smallest absolute Gasteiger partial charge is 0.227 e. The number of hydrogen-bond donors (Lipinski definition) is 1. The van der Waals surface area contributed by atoms with Crippen LogP contribution in [0, 0.1) is 0 Å². The summed E-state index contributed by atoms with van der Waals surface area (Å²) in [4.78, 5) is 20.5. The number of likely N-dealkylation sites (tertiary alicyclic amines) is 1. The average Bonchev–Trinajstić information content (AvgIpc) is 3.44. The van der Waals surface area contributed by atoms with E-state index in [-0.39, 0.29) is 5.91 Å². The molecule has 1 aromatic carbocycles. The van der Waals surface area contributed by atoms with Crippen LogP contribution in [-0.2, 0) is 18.4 Å². The Bertz CT molecular complexity index is 856. The number of guanidine groups is 1. The van der Waals surface area contributed by atoms with Crippen LogP contribution in [0.25, 0.3) is 0 Å². The van der Waals surface area contributed by atoms with Crippen molar-refractivity contribution in [3.8, 4) is 0 Å². The summed E-state index contributed by atoms with van der Waals surface area (Å²) in [5.41, 5.74) is 3.47. The lowest BCUT2D eigenvalue weighted by Gasteiger charge is -2.22. The Kier molecular flexibility index (Phi) is 5.32. The minimum Gasteiger partial charge on any atom is -0.352 e. The van der Waals surface area contributed by atoms with Crippen LogP contribution in [0.1, 0.15) is 36.3 Å². The molecule has 1 N–H and O–H groups in total. The molecule has 1 atom stereocenters. The molecule has 2 saturated heterocycles. The number of aromatic nitrogens is 2. The van der Waals surface area contributed by atoms with Crippen LogP contribution in [0.15, 0.2) is 41.7 Å². The van der Waals surface area contributed by atoms with E-state index >= 15 is 0 Å². The second-order valence-electron chi connectivity index (χ2n) is 7.60. The Morgan fingerprint density at radius 2 is 2.11 bits per heavy atom. The Morgan fingerprint density at radius 3 is 2.75 bits per heavy atom. The van der Waals surface area contributed by atoms with Gasteiger partial charge in [-0.1, -0.05) is 12.1 Å². The fraction of sp³-hybridized carbons (Fsp3) is 0.476. The summed E-state index contributed by atoms with van der Waals surface area (Å²) in [7, 11) is 3.80. The third-order valence-electron chi connectivity index (χ3n) is 5.67. The number of hydrogen-bond acceptors (Lipinski definition) is 3. The number of anilines is 1. The summed E-state index contributed by atoms with van der Waals surface area (Å²) in [6.45, 7) is 3.50. The third kappa shape index (κ3) is 3.88. The van der Waals surface area contributed by atoms with E-state index in [0.29, 0.717) is 12.3 Å². The van der Waals surface area contributed by atoms with Gasteiger partial charge < -0.3 is 15.1 Å². The molecule has 7 nitrogen and oxygen atoms in total. The first-order valence-electron chi connectivity index (χ1n) is 9.97. The molecular weight excluding hydrogens is 352 g/mol. The molecule has 7 heteroatoms. The van der Waals surface area contributed by atoms with Crippen molar-refractivity contribution in [3.63, 3.8) is 0 Å². The zero-order valence-corrected chi connectivity index (χ0v) is 16.6. The second kappa shape index (κ2) is 8.04. The topological polar surface area (TPSA) is 65.8 Å². The quantitative estimate of drug-likeness (QED) is 0.652. The minimum absolute atomic E-state index is 0.225. The van der Waals surface area contributed by atoms with E-state index in [9.17, 15) is 4.79 Å². The highest BCUT2D eigenvalue weighted by molar-refractivity contribution is 5.95. The number of carbonyl (C=O) groups is 1. The molecule has 2 aliphatic rings. The van der Waals surface area contributed by atoms with Crippen LogP contribution in [0.4, 0.5) is 5.69 Å². The maximum Gasteiger partial charge on any atom is 0.227 e. The Balaban J connectivity index is 1.33. The highest BCUT2D eigenvalue weighted by atomic mass is 16.2. The van der Waals surface area contributed by atoms with Crippen LogP contribution >= 0.6 is 0 Å². The van der Waals surface area contributed by atoms with Crippen molar-refractivity contribution in [1.29, 1.82) is 0 Å². The van der Waals surface area contributed by atoms with E-state index < -0.39 is 0 Å². The molecule has 0 radical (unpaired) electrons. The molecule has 4 rings (SSSR count). The molecule has 2 aromatic rings. The number of nitrogens with zero attached hydrogens (tertiary/aromatic N) is 5. The van der Waals surface area contributed by atoms with Gasteiger partial charge in [0, 0.05) is 64.5 Å². The molecule has 0 spiro atoms. The van der Waals surface area contributed by atoms with Crippen molar-refractivity contribution < 1.29 is 4.79 Å². The number of aliphatic imine (C=N–C) groups is 1. The van der Waals surface area contributed by atoms with Gasteiger partial charge in [0.2, 0.25) is 5.91 Å². The normalized spacial score (nSPS) is 20.3. The molecular formula is C21H28N6O. The molecule has 148 valence electrons. The fourth-order valence-corrected chi connectivity index (χ4v) is 4.10. The first-order chi connectivity index (χ1) is 13.6. The number of aryl methyl sites for hydroxylation is 1. The third-order valence-corrected chi connectivity index (χ3v) is 5.67. The lowest BCUT2D eigenvalue weighted by atomic mass is 10.0. The van der Waals surface area contributed by atoms with Gasteiger partial charge in [-0.05, 0) is 36.1 Å². The molecule has 0 bridgehead atoms. The van der Waals surface area contributed by atoms with Crippen molar-refractivity contribution in [2.75, 3.05) is 31.6 Å². The van der Waals surface area contributed by atoms with Gasteiger partial charge in [-0.3, -0.25) is 14.5 Å². The lowest BCUT2D eigenvalue weighted by Crippen LogP contribution is -2.39. The predicted molar refractivity (Wildman–Crippen MR) is 110 cm³/mol. The maximum atomic E-state index is 11.9. The van der Waals surface area contributed by atoms with Crippen molar-refractivity contribution >= 4 is 17.6 Å². The van der Waals surface area contributed by atoms with Gasteiger partial charge in [-0.15, -0.1) is 0 Å². The zero-order valence-electron chi connectivity index (χ0n) is 16.6. The summed E-state index contributed by atoms with van der Waals surface area (Å²) in [6, 6.07) is 8.25. The van der Waals surface area contributed by atoms with Crippen molar-refractivity contribution in [3.05, 3.63) is 47.8 Å². The van der Waals surface area contributed by atoms with Crippen molar-refractivity contribution in [2.45, 2.75) is 31.7 Å². The summed E-state index contributed by atoms with van der Waals surface area (Å²) in [5.74, 6) is 1.67. The molecule has 1 amide bonds. The first-order valence-corrected chi connectivity index (χ1v) is 9.97. The van der Waals surface area contributed by atoms with Gasteiger partial charge in [-0.25, -0.2) is 0 Å². The largest absolute Gasteiger partial charge is 0.352 e. The van der Waals surface area contributed by atoms with E-state index in [4.69, 9.17) is 0 Å². The van der Waals surface area contributed by atoms with E-state index in [2.05, 4.69) is 38.6 Å². The van der Waals surface area contributed by atoms with E-state index in [1.165, 1.54) is 11.1 Å². The summed E-state index contributed by atoms with van der Waals surface area (Å²) in [5, 5.41) is 7.77. The highest BCUT2D eigenvalue weighted by Gasteiger charge is 2.27. The van der Waals surface area contributed by atoms with Crippen LogP contribution < -0.4 is 10.2 Å². The van der Waals surface area contributed by atoms with Gasteiger partial charge in [-0.2, -0.15) is 5.10 Å². The van der Waals surface area contributed by atoms with Crippen molar-refractivity contribution in [1.82, 2.24) is 20.0 Å². The highest BCUT2D eigenvalue weighted by Crippen LogP contribution is 2.27. The Hall–Kier alpha value is -2.83. The zero-order chi connectivity index (χ0) is 19.5. The number of carbonyl (C=O) groups excluding carboxylic acids is 1. The van der Waals surface area contributed by atoms with E-state index in [1.807, 2.05) is 42.0 Å². The number of nitrogens with one attached hydrogen (secondary N) is 1. The van der Waals surface area contributed by atoms with E-state index in [1.54, 1.807) is 0 Å². The molecule has 3 heterocycles. The van der Waals surface area contributed by atoms with Gasteiger partial charge in [0.05, 0.1) is 6.20 Å². The van der Waals surface area contributed by atoms with Crippen LogP contribution in [0.5, 0.6) is 0 Å². The second-order valence-corrected chi connectivity index (χ2v) is 7.60. The standard InChI is InChI=1S/C21H28N6O/c1-22-21(26-11-9-17(15-26)18-13-24-25(2)14-18)23-12-16-5-7-19(8-6-16)27-10-3-4-20(27)28/h5-8,13-14,17H,3-4,9-12,15H2,1-2H3,(H,22,23). The minimum atomic E-state index is 0.225.